The van der Waals surface area contributed by atoms with E-state index in [0.717, 1.165) is 32.5 Å². The van der Waals surface area contributed by atoms with Crippen LogP contribution in [-0.4, -0.2) is 54.3 Å². The Morgan fingerprint density at radius 3 is 2.73 bits per heavy atom. The lowest BCUT2D eigenvalue weighted by atomic mass is 10.0. The summed E-state index contributed by atoms with van der Waals surface area (Å²) in [5.74, 6) is -0.156. The molecule has 5 heteroatoms. The third-order valence-corrected chi connectivity index (χ3v) is 4.14. The molecule has 1 aliphatic heterocycles. The fourth-order valence-electron chi connectivity index (χ4n) is 2.85. The van der Waals surface area contributed by atoms with Crippen molar-refractivity contribution in [1.29, 1.82) is 0 Å². The summed E-state index contributed by atoms with van der Waals surface area (Å²) in [5.41, 5.74) is 1.28. The van der Waals surface area contributed by atoms with Gasteiger partial charge in [-0.1, -0.05) is 30.3 Å². The molecule has 1 aliphatic rings. The second-order valence-corrected chi connectivity index (χ2v) is 5.95. The average molecular weight is 303 g/mol. The van der Waals surface area contributed by atoms with Crippen molar-refractivity contribution >= 4 is 11.8 Å². The van der Waals surface area contributed by atoms with Gasteiger partial charge in [0.15, 0.2) is 0 Å². The van der Waals surface area contributed by atoms with Crippen molar-refractivity contribution in [3.8, 4) is 0 Å². The van der Waals surface area contributed by atoms with Crippen LogP contribution in [-0.2, 0) is 16.1 Å². The topological polar surface area (TPSA) is 52.7 Å². The lowest BCUT2D eigenvalue weighted by Gasteiger charge is -2.37. The SMILES string of the molecule is CC(=O)NCC(=O)N1CCC[C@H](N(C)Cc2ccccc2)C1. The normalized spacial score (nSPS) is 18.3. The number of nitrogens with one attached hydrogen (secondary N) is 1. The predicted octanol–water partition coefficient (Wildman–Crippen LogP) is 1.25. The zero-order valence-corrected chi connectivity index (χ0v) is 13.4. The number of likely N-dealkylation sites (tertiary alicyclic amines) is 1. The minimum absolute atomic E-state index is 0.00742. The molecule has 22 heavy (non-hydrogen) atoms. The number of piperidine rings is 1. The van der Waals surface area contributed by atoms with Crippen LogP contribution in [0.2, 0.25) is 0 Å². The Morgan fingerprint density at radius 1 is 1.32 bits per heavy atom. The van der Waals surface area contributed by atoms with Gasteiger partial charge < -0.3 is 10.2 Å². The quantitative estimate of drug-likeness (QED) is 0.890. The Kier molecular flexibility index (Phi) is 5.95. The molecule has 0 aliphatic carbocycles. The van der Waals surface area contributed by atoms with Crippen LogP contribution in [0.5, 0.6) is 0 Å². The van der Waals surface area contributed by atoms with E-state index in [1.807, 2.05) is 23.1 Å². The molecular formula is C17H25N3O2. The fraction of sp³-hybridized carbons (Fsp3) is 0.529. The van der Waals surface area contributed by atoms with Crippen LogP contribution >= 0.6 is 0 Å². The van der Waals surface area contributed by atoms with Gasteiger partial charge in [-0.15, -0.1) is 0 Å². The molecule has 0 saturated carbocycles. The number of amides is 2. The Hall–Kier alpha value is -1.88. The number of nitrogens with zero attached hydrogens (tertiary/aromatic N) is 2. The summed E-state index contributed by atoms with van der Waals surface area (Å²) in [7, 11) is 2.11. The van der Waals surface area contributed by atoms with Crippen molar-refractivity contribution in [2.75, 3.05) is 26.7 Å². The zero-order chi connectivity index (χ0) is 15.9. The molecule has 1 saturated heterocycles. The Morgan fingerprint density at radius 2 is 2.05 bits per heavy atom. The standard InChI is InChI=1S/C17H25N3O2/c1-14(21)18-11-17(22)20-10-6-9-16(13-20)19(2)12-15-7-4-3-5-8-15/h3-5,7-8,16H,6,9-13H2,1-2H3,(H,18,21)/t16-/m0/s1. The van der Waals surface area contributed by atoms with Crippen molar-refractivity contribution < 1.29 is 9.59 Å². The van der Waals surface area contributed by atoms with Crippen LogP contribution in [0.4, 0.5) is 0 Å². The molecule has 1 aromatic rings. The van der Waals surface area contributed by atoms with Crippen molar-refractivity contribution in [3.05, 3.63) is 35.9 Å². The number of rotatable bonds is 5. The molecule has 1 aromatic carbocycles. The highest BCUT2D eigenvalue weighted by molar-refractivity contribution is 5.83. The first-order valence-electron chi connectivity index (χ1n) is 7.82. The van der Waals surface area contributed by atoms with E-state index in [0.29, 0.717) is 6.04 Å². The summed E-state index contributed by atoms with van der Waals surface area (Å²) in [5, 5.41) is 2.58. The molecule has 1 heterocycles. The first-order valence-corrected chi connectivity index (χ1v) is 7.82. The van der Waals surface area contributed by atoms with Crippen LogP contribution in [0.1, 0.15) is 25.3 Å². The van der Waals surface area contributed by atoms with Crippen molar-refractivity contribution in [2.24, 2.45) is 0 Å². The van der Waals surface area contributed by atoms with Crippen LogP contribution in [0.25, 0.3) is 0 Å². The third-order valence-electron chi connectivity index (χ3n) is 4.14. The molecular weight excluding hydrogens is 278 g/mol. The zero-order valence-electron chi connectivity index (χ0n) is 13.4. The Labute approximate surface area is 132 Å². The van der Waals surface area contributed by atoms with Gasteiger partial charge in [-0.2, -0.15) is 0 Å². The third kappa shape index (κ3) is 4.84. The highest BCUT2D eigenvalue weighted by Crippen LogP contribution is 2.17. The maximum absolute atomic E-state index is 12.1. The molecule has 0 radical (unpaired) electrons. The summed E-state index contributed by atoms with van der Waals surface area (Å²) >= 11 is 0. The fourth-order valence-corrected chi connectivity index (χ4v) is 2.85. The summed E-state index contributed by atoms with van der Waals surface area (Å²) < 4.78 is 0. The monoisotopic (exact) mass is 303 g/mol. The minimum Gasteiger partial charge on any atom is -0.347 e. The molecule has 1 fully saturated rings. The van der Waals surface area contributed by atoms with Crippen LogP contribution in [0, 0.1) is 0 Å². The van der Waals surface area contributed by atoms with E-state index in [1.54, 1.807) is 0 Å². The van der Waals surface area contributed by atoms with Gasteiger partial charge >= 0.3 is 0 Å². The van der Waals surface area contributed by atoms with E-state index in [4.69, 9.17) is 0 Å². The van der Waals surface area contributed by atoms with Gasteiger partial charge in [-0.3, -0.25) is 14.5 Å². The number of carbonyl (C=O) groups excluding carboxylic acids is 2. The van der Waals surface area contributed by atoms with E-state index in [9.17, 15) is 9.59 Å². The summed E-state index contributed by atoms with van der Waals surface area (Å²) in [6.07, 6.45) is 2.11. The Bertz CT molecular complexity index is 504. The summed E-state index contributed by atoms with van der Waals surface area (Å²) in [6.45, 7) is 3.94. The number of likely N-dealkylation sites (N-methyl/N-ethyl adjacent to an activating group) is 1. The highest BCUT2D eigenvalue weighted by Gasteiger charge is 2.26. The molecule has 2 amide bonds. The van der Waals surface area contributed by atoms with Crippen LogP contribution < -0.4 is 5.32 Å². The lowest BCUT2D eigenvalue weighted by Crippen LogP contribution is -2.50. The molecule has 0 bridgehead atoms. The number of benzene rings is 1. The van der Waals surface area contributed by atoms with Gasteiger partial charge in [0.25, 0.3) is 0 Å². The van der Waals surface area contributed by atoms with Crippen molar-refractivity contribution in [3.63, 3.8) is 0 Å². The van der Waals surface area contributed by atoms with E-state index < -0.39 is 0 Å². The number of hydrogen-bond donors (Lipinski definition) is 1. The Balaban J connectivity index is 1.86. The van der Waals surface area contributed by atoms with Gasteiger partial charge in [-0.25, -0.2) is 0 Å². The lowest BCUT2D eigenvalue weighted by molar-refractivity contribution is -0.134. The largest absolute Gasteiger partial charge is 0.347 e. The molecule has 2 rings (SSSR count). The first kappa shape index (κ1) is 16.5. The number of carbonyl (C=O) groups is 2. The molecule has 1 N–H and O–H groups in total. The minimum atomic E-state index is -0.164. The van der Waals surface area contributed by atoms with Crippen LogP contribution in [0.3, 0.4) is 0 Å². The van der Waals surface area contributed by atoms with E-state index in [2.05, 4.69) is 29.4 Å². The van der Waals surface area contributed by atoms with Crippen LogP contribution in [0.15, 0.2) is 30.3 Å². The predicted molar refractivity (Wildman–Crippen MR) is 86.2 cm³/mol. The maximum atomic E-state index is 12.1. The number of hydrogen-bond acceptors (Lipinski definition) is 3. The van der Waals surface area contributed by atoms with Gasteiger partial charge in [0.05, 0.1) is 6.54 Å². The van der Waals surface area contributed by atoms with E-state index >= 15 is 0 Å². The van der Waals surface area contributed by atoms with Gasteiger partial charge in [0, 0.05) is 32.6 Å². The molecule has 0 unspecified atom stereocenters. The average Bonchev–Trinajstić information content (AvgIpc) is 2.53. The van der Waals surface area contributed by atoms with Crippen molar-refractivity contribution in [2.45, 2.75) is 32.4 Å². The smallest absolute Gasteiger partial charge is 0.242 e. The molecule has 5 nitrogen and oxygen atoms in total. The van der Waals surface area contributed by atoms with Gasteiger partial charge in [-0.05, 0) is 25.5 Å². The molecule has 0 spiro atoms. The first-order chi connectivity index (χ1) is 10.6. The molecule has 0 aromatic heterocycles. The molecule has 1 atom stereocenters. The second kappa shape index (κ2) is 7.94. The van der Waals surface area contributed by atoms with Gasteiger partial charge in [0.1, 0.15) is 0 Å². The van der Waals surface area contributed by atoms with E-state index in [1.165, 1.54) is 12.5 Å². The molecule has 120 valence electrons. The summed E-state index contributed by atoms with van der Waals surface area (Å²) in [4.78, 5) is 27.2. The van der Waals surface area contributed by atoms with E-state index in [-0.39, 0.29) is 18.4 Å². The maximum Gasteiger partial charge on any atom is 0.242 e. The highest BCUT2D eigenvalue weighted by atomic mass is 16.2. The second-order valence-electron chi connectivity index (χ2n) is 5.95. The van der Waals surface area contributed by atoms with Crippen molar-refractivity contribution in [1.82, 2.24) is 15.1 Å². The van der Waals surface area contributed by atoms with Gasteiger partial charge in [0.2, 0.25) is 11.8 Å². The summed E-state index contributed by atoms with van der Waals surface area (Å²) in [6, 6.07) is 10.7.